The van der Waals surface area contributed by atoms with Crippen LogP contribution in [0.15, 0.2) is 30.3 Å². The van der Waals surface area contributed by atoms with Gasteiger partial charge in [0.25, 0.3) is 0 Å². The number of aliphatic hydroxyl groups is 1. The number of aliphatic hydroxyl groups excluding tert-OH is 1. The molecule has 0 bridgehead atoms. The number of hydrogen-bond donors (Lipinski definition) is 1. The van der Waals surface area contributed by atoms with E-state index in [1.54, 1.807) is 0 Å². The molecule has 0 saturated heterocycles. The third kappa shape index (κ3) is 2.05. The van der Waals surface area contributed by atoms with Crippen LogP contribution in [0.4, 0.5) is 0 Å². The van der Waals surface area contributed by atoms with Crippen molar-refractivity contribution >= 4 is 0 Å². The Morgan fingerprint density at radius 3 is 2.09 bits per heavy atom. The molecule has 2 atom stereocenters. The molecule has 0 aromatic heterocycles. The van der Waals surface area contributed by atoms with Gasteiger partial charge in [0.15, 0.2) is 0 Å². The molecule has 1 aromatic rings. The van der Waals surface area contributed by atoms with Crippen LogP contribution < -0.4 is 0 Å². The Hall–Kier alpha value is -0.820. The number of hydrogen-bond acceptors (Lipinski definition) is 1. The molecule has 1 nitrogen and oxygen atoms in total. The van der Waals surface area contributed by atoms with Crippen molar-refractivity contribution in [3.8, 4) is 0 Å². The summed E-state index contributed by atoms with van der Waals surface area (Å²) in [4.78, 5) is 0. The van der Waals surface area contributed by atoms with E-state index in [0.717, 1.165) is 0 Å². The van der Waals surface area contributed by atoms with Crippen molar-refractivity contribution < 1.29 is 5.11 Å². The van der Waals surface area contributed by atoms with Crippen LogP contribution in [-0.4, -0.2) is 11.2 Å². The highest BCUT2D eigenvalue weighted by Crippen LogP contribution is 2.17. The zero-order valence-corrected chi connectivity index (χ0v) is 6.99. The molecule has 0 saturated carbocycles. The molecule has 0 amide bonds. The zero-order chi connectivity index (χ0) is 8.27. The molecule has 0 spiro atoms. The molecule has 0 heterocycles. The summed E-state index contributed by atoms with van der Waals surface area (Å²) < 4.78 is 0. The molecular formula is C10H14O. The van der Waals surface area contributed by atoms with Gasteiger partial charge in [0.2, 0.25) is 0 Å². The Morgan fingerprint density at radius 1 is 1.09 bits per heavy atom. The number of rotatable bonds is 2. The largest absolute Gasteiger partial charge is 0.393 e. The van der Waals surface area contributed by atoms with Gasteiger partial charge in [-0.25, -0.2) is 0 Å². The van der Waals surface area contributed by atoms with E-state index < -0.39 is 0 Å². The smallest absolute Gasteiger partial charge is 0.0577 e. The van der Waals surface area contributed by atoms with Crippen molar-refractivity contribution in [3.05, 3.63) is 35.9 Å². The van der Waals surface area contributed by atoms with Gasteiger partial charge in [-0.2, -0.15) is 0 Å². The molecule has 60 valence electrons. The summed E-state index contributed by atoms with van der Waals surface area (Å²) in [6.45, 7) is 3.84. The maximum atomic E-state index is 9.27. The fourth-order valence-corrected chi connectivity index (χ4v) is 1.04. The second-order valence-corrected chi connectivity index (χ2v) is 2.94. The zero-order valence-electron chi connectivity index (χ0n) is 6.99. The van der Waals surface area contributed by atoms with Crippen molar-refractivity contribution in [3.63, 3.8) is 0 Å². The quantitative estimate of drug-likeness (QED) is 0.685. The standard InChI is InChI=1S/C10H14O/c1-8(9(2)11)10-6-4-3-5-7-10/h3-9,11H,1-2H3/t8-,9+/m0/s1. The molecule has 0 aliphatic heterocycles. The third-order valence-corrected chi connectivity index (χ3v) is 2.05. The topological polar surface area (TPSA) is 20.2 Å². The van der Waals surface area contributed by atoms with E-state index in [2.05, 4.69) is 0 Å². The third-order valence-electron chi connectivity index (χ3n) is 2.05. The van der Waals surface area contributed by atoms with Gasteiger partial charge in [-0.15, -0.1) is 0 Å². The van der Waals surface area contributed by atoms with Crippen molar-refractivity contribution in [1.29, 1.82) is 0 Å². The first kappa shape index (κ1) is 8.28. The van der Waals surface area contributed by atoms with Crippen LogP contribution in [0.2, 0.25) is 0 Å². The van der Waals surface area contributed by atoms with Gasteiger partial charge >= 0.3 is 0 Å². The Kier molecular flexibility index (Phi) is 2.66. The van der Waals surface area contributed by atoms with E-state index >= 15 is 0 Å². The summed E-state index contributed by atoms with van der Waals surface area (Å²) in [5.41, 5.74) is 1.20. The van der Waals surface area contributed by atoms with E-state index in [1.165, 1.54) is 5.56 Å². The molecule has 1 rings (SSSR count). The fraction of sp³-hybridized carbons (Fsp3) is 0.400. The Balaban J connectivity index is 2.77. The lowest BCUT2D eigenvalue weighted by atomic mass is 9.97. The summed E-state index contributed by atoms with van der Waals surface area (Å²) in [5, 5.41) is 9.27. The van der Waals surface area contributed by atoms with Crippen molar-refractivity contribution in [2.24, 2.45) is 0 Å². The van der Waals surface area contributed by atoms with Crippen LogP contribution in [0.25, 0.3) is 0 Å². The van der Waals surface area contributed by atoms with E-state index in [4.69, 9.17) is 0 Å². The summed E-state index contributed by atoms with van der Waals surface area (Å²) in [5.74, 6) is 0.233. The van der Waals surface area contributed by atoms with E-state index in [-0.39, 0.29) is 12.0 Å². The van der Waals surface area contributed by atoms with Crippen molar-refractivity contribution in [2.75, 3.05) is 0 Å². The molecule has 1 heteroatoms. The molecular weight excluding hydrogens is 136 g/mol. The Labute approximate surface area is 67.7 Å². The first-order chi connectivity index (χ1) is 5.22. The summed E-state index contributed by atoms with van der Waals surface area (Å²) in [6, 6.07) is 10.1. The van der Waals surface area contributed by atoms with Gasteiger partial charge in [0.05, 0.1) is 6.10 Å². The normalized spacial score (nSPS) is 15.9. The SMILES string of the molecule is C[C@H](c1ccccc1)[C@@H](C)O. The predicted octanol–water partition coefficient (Wildman–Crippen LogP) is 2.17. The minimum Gasteiger partial charge on any atom is -0.393 e. The monoisotopic (exact) mass is 150 g/mol. The Bertz CT molecular complexity index is 203. The lowest BCUT2D eigenvalue weighted by Gasteiger charge is -2.14. The maximum Gasteiger partial charge on any atom is 0.0577 e. The van der Waals surface area contributed by atoms with Gasteiger partial charge in [0.1, 0.15) is 0 Å². The van der Waals surface area contributed by atoms with Crippen molar-refractivity contribution in [2.45, 2.75) is 25.9 Å². The van der Waals surface area contributed by atoms with E-state index in [0.29, 0.717) is 0 Å². The molecule has 11 heavy (non-hydrogen) atoms. The summed E-state index contributed by atoms with van der Waals surface area (Å²) >= 11 is 0. The lowest BCUT2D eigenvalue weighted by Crippen LogP contribution is -2.10. The van der Waals surface area contributed by atoms with E-state index in [9.17, 15) is 5.11 Å². The van der Waals surface area contributed by atoms with Gasteiger partial charge in [0, 0.05) is 5.92 Å². The van der Waals surface area contributed by atoms with Crippen molar-refractivity contribution in [1.82, 2.24) is 0 Å². The second kappa shape index (κ2) is 3.54. The van der Waals surface area contributed by atoms with Crippen LogP contribution in [0.1, 0.15) is 25.3 Å². The average Bonchev–Trinajstić information content (AvgIpc) is 2.05. The minimum atomic E-state index is -0.266. The fourth-order valence-electron chi connectivity index (χ4n) is 1.04. The first-order valence-electron chi connectivity index (χ1n) is 3.95. The lowest BCUT2D eigenvalue weighted by molar-refractivity contribution is 0.169. The number of benzene rings is 1. The predicted molar refractivity (Wildman–Crippen MR) is 46.5 cm³/mol. The highest BCUT2D eigenvalue weighted by molar-refractivity contribution is 5.19. The van der Waals surface area contributed by atoms with Crippen LogP contribution in [0.5, 0.6) is 0 Å². The molecule has 1 N–H and O–H groups in total. The van der Waals surface area contributed by atoms with E-state index in [1.807, 2.05) is 44.2 Å². The summed E-state index contributed by atoms with van der Waals surface area (Å²) in [6.07, 6.45) is -0.266. The highest BCUT2D eigenvalue weighted by atomic mass is 16.3. The molecule has 0 unspecified atom stereocenters. The van der Waals surface area contributed by atoms with Gasteiger partial charge in [-0.1, -0.05) is 37.3 Å². The molecule has 0 radical (unpaired) electrons. The molecule has 0 fully saturated rings. The summed E-state index contributed by atoms with van der Waals surface area (Å²) in [7, 11) is 0. The van der Waals surface area contributed by atoms with Crippen LogP contribution in [0.3, 0.4) is 0 Å². The average molecular weight is 150 g/mol. The second-order valence-electron chi connectivity index (χ2n) is 2.94. The van der Waals surface area contributed by atoms with Crippen LogP contribution >= 0.6 is 0 Å². The highest BCUT2D eigenvalue weighted by Gasteiger charge is 2.09. The van der Waals surface area contributed by atoms with Crippen LogP contribution in [-0.2, 0) is 0 Å². The first-order valence-corrected chi connectivity index (χ1v) is 3.95. The molecule has 1 aromatic carbocycles. The molecule has 0 aliphatic rings. The van der Waals surface area contributed by atoms with Gasteiger partial charge < -0.3 is 5.11 Å². The Morgan fingerprint density at radius 2 is 1.64 bits per heavy atom. The molecule has 0 aliphatic carbocycles. The minimum absolute atomic E-state index is 0.233. The van der Waals surface area contributed by atoms with Crippen LogP contribution in [0, 0.1) is 0 Å². The van der Waals surface area contributed by atoms with Gasteiger partial charge in [-0.05, 0) is 12.5 Å². The maximum absolute atomic E-state index is 9.27. The van der Waals surface area contributed by atoms with Gasteiger partial charge in [-0.3, -0.25) is 0 Å².